The molecule has 33 heavy (non-hydrogen) atoms. The minimum Gasteiger partial charge on any atom is -0.344 e. The predicted octanol–water partition coefficient (Wildman–Crippen LogP) is 7.58. The first kappa shape index (κ1) is 23.9. The number of carbonyl (C=O) groups excluding carboxylic acids is 1. The van der Waals surface area contributed by atoms with E-state index in [-0.39, 0.29) is 11.8 Å². The van der Waals surface area contributed by atoms with Crippen LogP contribution in [0.4, 0.5) is 0 Å². The quantitative estimate of drug-likeness (QED) is 0.373. The zero-order valence-electron chi connectivity index (χ0n) is 19.9. The molecule has 0 spiro atoms. The van der Waals surface area contributed by atoms with Gasteiger partial charge in [-0.2, -0.15) is 0 Å². The number of pyridine rings is 1. The van der Waals surface area contributed by atoms with Crippen molar-refractivity contribution in [3.8, 4) is 11.1 Å². The molecule has 0 bridgehead atoms. The minimum atomic E-state index is -0.219. The summed E-state index contributed by atoms with van der Waals surface area (Å²) >= 11 is 0. The summed E-state index contributed by atoms with van der Waals surface area (Å²) in [6, 6.07) is 16.6. The first-order valence-corrected chi connectivity index (χ1v) is 11.6. The summed E-state index contributed by atoms with van der Waals surface area (Å²) < 4.78 is 0. The van der Waals surface area contributed by atoms with E-state index < -0.39 is 0 Å². The third-order valence-corrected chi connectivity index (χ3v) is 5.60. The number of Topliss-reactive ketones (excluding diaryl/α,β-unsaturated/α-hetero) is 1. The molecule has 0 radical (unpaired) electrons. The van der Waals surface area contributed by atoms with E-state index >= 15 is 0 Å². The van der Waals surface area contributed by atoms with Crippen LogP contribution in [0.2, 0.25) is 0 Å². The fraction of sp³-hybridized carbons (Fsp3) is 0.200. The lowest BCUT2D eigenvalue weighted by Crippen LogP contribution is -2.31. The van der Waals surface area contributed by atoms with Gasteiger partial charge in [0, 0.05) is 42.2 Å². The molecule has 1 aromatic heterocycles. The summed E-state index contributed by atoms with van der Waals surface area (Å²) in [4.78, 5) is 18.9. The maximum atomic E-state index is 12.5. The molecule has 0 saturated carbocycles. The van der Waals surface area contributed by atoms with Gasteiger partial charge in [-0.1, -0.05) is 86.7 Å². The Morgan fingerprint density at radius 3 is 2.48 bits per heavy atom. The maximum Gasteiger partial charge on any atom is 0.159 e. The molecule has 1 atom stereocenters. The Balaban J connectivity index is 0.00000149. The average molecular weight is 437 g/mol. The summed E-state index contributed by atoms with van der Waals surface area (Å²) in [6.07, 6.45) is 18.2. The summed E-state index contributed by atoms with van der Waals surface area (Å²) in [6.45, 7) is 7.88. The summed E-state index contributed by atoms with van der Waals surface area (Å²) in [7, 11) is 0. The number of benzene rings is 2. The second-order valence-electron chi connectivity index (χ2n) is 7.63. The summed E-state index contributed by atoms with van der Waals surface area (Å²) in [5.41, 5.74) is 4.44. The van der Waals surface area contributed by atoms with Crippen LogP contribution in [0.3, 0.4) is 0 Å². The van der Waals surface area contributed by atoms with Crippen molar-refractivity contribution in [1.82, 2.24) is 9.88 Å². The SMILES string of the molecule is C/C=C/CC(=O)[C@@H](C)N1C=CC=CC(c2ccc(-c3cncc4ccccc34)cc2)=C1.CC. The monoisotopic (exact) mass is 436 g/mol. The normalized spacial score (nSPS) is 13.9. The van der Waals surface area contributed by atoms with Crippen LogP contribution in [0.5, 0.6) is 0 Å². The van der Waals surface area contributed by atoms with E-state index in [1.807, 2.05) is 87.8 Å². The molecule has 4 rings (SSSR count). The predicted molar refractivity (Wildman–Crippen MR) is 141 cm³/mol. The molecule has 0 amide bonds. The lowest BCUT2D eigenvalue weighted by molar-refractivity contribution is -0.121. The first-order valence-electron chi connectivity index (χ1n) is 11.6. The van der Waals surface area contributed by atoms with Crippen LogP contribution in [0.1, 0.15) is 39.7 Å². The number of allylic oxidation sites excluding steroid dienone is 6. The van der Waals surface area contributed by atoms with Crippen molar-refractivity contribution >= 4 is 22.1 Å². The van der Waals surface area contributed by atoms with Crippen LogP contribution >= 0.6 is 0 Å². The zero-order valence-corrected chi connectivity index (χ0v) is 19.9. The Kier molecular flexibility index (Phi) is 8.54. The topological polar surface area (TPSA) is 33.2 Å². The lowest BCUT2D eigenvalue weighted by Gasteiger charge is -2.23. The fourth-order valence-corrected chi connectivity index (χ4v) is 3.73. The Labute approximate surface area is 197 Å². The van der Waals surface area contributed by atoms with Crippen molar-refractivity contribution in [3.05, 3.63) is 109 Å². The van der Waals surface area contributed by atoms with Crippen molar-refractivity contribution in [2.24, 2.45) is 0 Å². The van der Waals surface area contributed by atoms with Gasteiger partial charge in [0.05, 0.1) is 6.04 Å². The van der Waals surface area contributed by atoms with Gasteiger partial charge in [0.25, 0.3) is 0 Å². The molecular weight excluding hydrogens is 404 g/mol. The fourth-order valence-electron chi connectivity index (χ4n) is 3.73. The minimum absolute atomic E-state index is 0.194. The van der Waals surface area contributed by atoms with Crippen LogP contribution in [0.15, 0.2) is 104 Å². The molecule has 2 heterocycles. The third-order valence-electron chi connectivity index (χ3n) is 5.60. The number of carbonyl (C=O) groups is 1. The number of ketones is 1. The third kappa shape index (κ3) is 5.75. The molecule has 0 saturated heterocycles. The Bertz CT molecular complexity index is 1190. The number of hydrogen-bond donors (Lipinski definition) is 0. The number of fused-ring (bicyclic) bond motifs is 1. The largest absolute Gasteiger partial charge is 0.344 e. The molecule has 1 aliphatic rings. The standard InChI is InChI=1S/C28H26N2O.C2H6/c1-3-4-12-28(31)21(2)30-17-8-7-10-25(20-30)22-13-15-23(16-14-22)27-19-29-18-24-9-5-6-11-26(24)27;1-2/h3-11,13-21H,12H2,1-2H3;1-2H3/b4-3+;/t21-;/m1./s1. The van der Waals surface area contributed by atoms with Gasteiger partial charge in [-0.05, 0) is 42.0 Å². The van der Waals surface area contributed by atoms with Crippen molar-refractivity contribution in [1.29, 1.82) is 0 Å². The second-order valence-corrected chi connectivity index (χ2v) is 7.63. The number of hydrogen-bond acceptors (Lipinski definition) is 3. The molecule has 1 aliphatic heterocycles. The second kappa shape index (κ2) is 11.8. The van der Waals surface area contributed by atoms with Crippen molar-refractivity contribution in [2.45, 2.75) is 40.2 Å². The highest BCUT2D eigenvalue weighted by atomic mass is 16.1. The molecule has 3 heteroatoms. The highest BCUT2D eigenvalue weighted by Gasteiger charge is 2.17. The summed E-state index contributed by atoms with van der Waals surface area (Å²) in [5, 5.41) is 2.33. The van der Waals surface area contributed by atoms with Gasteiger partial charge in [-0.15, -0.1) is 0 Å². The van der Waals surface area contributed by atoms with Crippen LogP contribution in [0, 0.1) is 0 Å². The Hall–Kier alpha value is -3.72. The van der Waals surface area contributed by atoms with Gasteiger partial charge in [-0.3, -0.25) is 9.78 Å². The van der Waals surface area contributed by atoms with Gasteiger partial charge in [0.1, 0.15) is 0 Å². The van der Waals surface area contributed by atoms with E-state index in [4.69, 9.17) is 0 Å². The van der Waals surface area contributed by atoms with E-state index in [9.17, 15) is 4.79 Å². The van der Waals surface area contributed by atoms with Crippen molar-refractivity contribution < 1.29 is 4.79 Å². The van der Waals surface area contributed by atoms with E-state index in [0.29, 0.717) is 6.42 Å². The van der Waals surface area contributed by atoms with Gasteiger partial charge >= 0.3 is 0 Å². The Morgan fingerprint density at radius 2 is 1.73 bits per heavy atom. The molecule has 0 aliphatic carbocycles. The molecule has 0 unspecified atom stereocenters. The van der Waals surface area contributed by atoms with Gasteiger partial charge in [0.2, 0.25) is 0 Å². The van der Waals surface area contributed by atoms with E-state index in [1.165, 1.54) is 5.39 Å². The molecule has 0 fully saturated rings. The van der Waals surface area contributed by atoms with Crippen molar-refractivity contribution in [2.75, 3.05) is 0 Å². The average Bonchev–Trinajstić information content (AvgIpc) is 3.14. The van der Waals surface area contributed by atoms with E-state index in [2.05, 4.69) is 53.5 Å². The highest BCUT2D eigenvalue weighted by molar-refractivity contribution is 5.96. The molecule has 2 aromatic carbocycles. The van der Waals surface area contributed by atoms with Crippen molar-refractivity contribution in [3.63, 3.8) is 0 Å². The molecule has 3 aromatic rings. The zero-order chi connectivity index (χ0) is 23.6. The van der Waals surface area contributed by atoms with Crippen LogP contribution in [0.25, 0.3) is 27.5 Å². The smallest absolute Gasteiger partial charge is 0.159 e. The van der Waals surface area contributed by atoms with Crippen LogP contribution in [-0.2, 0) is 4.79 Å². The van der Waals surface area contributed by atoms with Gasteiger partial charge < -0.3 is 4.90 Å². The number of rotatable bonds is 6. The maximum absolute atomic E-state index is 12.5. The number of nitrogens with zero attached hydrogens (tertiary/aromatic N) is 2. The highest BCUT2D eigenvalue weighted by Crippen LogP contribution is 2.29. The van der Waals surface area contributed by atoms with Gasteiger partial charge in [0.15, 0.2) is 5.78 Å². The number of aromatic nitrogens is 1. The Morgan fingerprint density at radius 1 is 1.00 bits per heavy atom. The molecule has 3 nitrogen and oxygen atoms in total. The van der Waals surface area contributed by atoms with E-state index in [1.54, 1.807) is 0 Å². The van der Waals surface area contributed by atoms with Crippen LogP contribution in [-0.4, -0.2) is 21.7 Å². The molecular formula is C30H32N2O. The van der Waals surface area contributed by atoms with E-state index in [0.717, 1.165) is 27.6 Å². The first-order chi connectivity index (χ1) is 16.2. The van der Waals surface area contributed by atoms with Gasteiger partial charge in [-0.25, -0.2) is 0 Å². The lowest BCUT2D eigenvalue weighted by atomic mass is 9.98. The van der Waals surface area contributed by atoms with Crippen LogP contribution < -0.4 is 0 Å². The summed E-state index contributed by atoms with van der Waals surface area (Å²) in [5.74, 6) is 0.194. The molecule has 168 valence electrons. The molecule has 0 N–H and O–H groups in total.